The number of ether oxygens (including phenoxy) is 1. The summed E-state index contributed by atoms with van der Waals surface area (Å²) in [7, 11) is 1.48. The van der Waals surface area contributed by atoms with Crippen molar-refractivity contribution in [2.75, 3.05) is 7.11 Å². The Morgan fingerprint density at radius 2 is 2.06 bits per heavy atom. The molecule has 0 aromatic carbocycles. The molecule has 0 aliphatic carbocycles. The summed E-state index contributed by atoms with van der Waals surface area (Å²) in [6.07, 6.45) is 4.80. The normalized spacial score (nSPS) is 11.8. The zero-order valence-electron chi connectivity index (χ0n) is 10.0. The van der Waals surface area contributed by atoms with E-state index < -0.39 is 5.63 Å². The summed E-state index contributed by atoms with van der Waals surface area (Å²) in [5.74, 6) is 0.791. The van der Waals surface area contributed by atoms with E-state index >= 15 is 0 Å². The van der Waals surface area contributed by atoms with Gasteiger partial charge in [0.15, 0.2) is 5.78 Å². The van der Waals surface area contributed by atoms with Gasteiger partial charge in [0.25, 0.3) is 0 Å². The van der Waals surface area contributed by atoms with Gasteiger partial charge >= 0.3 is 5.63 Å². The van der Waals surface area contributed by atoms with E-state index in [-0.39, 0.29) is 5.78 Å². The van der Waals surface area contributed by atoms with Crippen molar-refractivity contribution in [1.82, 2.24) is 0 Å². The lowest BCUT2D eigenvalue weighted by Crippen LogP contribution is -1.98. The van der Waals surface area contributed by atoms with Crippen molar-refractivity contribution in [3.8, 4) is 5.75 Å². The van der Waals surface area contributed by atoms with Gasteiger partial charge in [-0.25, -0.2) is 4.79 Å². The molecule has 0 saturated carbocycles. The first-order valence-electron chi connectivity index (χ1n) is 5.07. The number of carbonyl (C=O) groups is 1. The van der Waals surface area contributed by atoms with Gasteiger partial charge in [-0.15, -0.1) is 0 Å². The van der Waals surface area contributed by atoms with Gasteiger partial charge in [-0.2, -0.15) is 0 Å². The summed E-state index contributed by atoms with van der Waals surface area (Å²) in [6, 6.07) is 2.86. The van der Waals surface area contributed by atoms with Crippen molar-refractivity contribution in [2.24, 2.45) is 0 Å². The van der Waals surface area contributed by atoms with Crippen LogP contribution in [0.3, 0.4) is 0 Å². The smallest absolute Gasteiger partial charge is 0.339 e. The maximum atomic E-state index is 11.1. The molecule has 1 aromatic rings. The van der Waals surface area contributed by atoms with E-state index in [2.05, 4.69) is 0 Å². The zero-order valence-corrected chi connectivity index (χ0v) is 10.0. The van der Waals surface area contributed by atoms with E-state index in [0.29, 0.717) is 11.5 Å². The molecular formula is C13H14O4. The first-order chi connectivity index (χ1) is 8.01. The van der Waals surface area contributed by atoms with E-state index in [1.165, 1.54) is 26.2 Å². The van der Waals surface area contributed by atoms with Crippen LogP contribution in [-0.2, 0) is 4.79 Å². The van der Waals surface area contributed by atoms with Crippen molar-refractivity contribution in [1.29, 1.82) is 0 Å². The standard InChI is InChI=1S/C13H14O4/c1-9(6-10(2)14)4-5-11-7-12(16-3)8-13(15)17-11/h4-8H,1-3H3/b5-4+,9-6+. The molecule has 0 N–H and O–H groups in total. The van der Waals surface area contributed by atoms with E-state index in [9.17, 15) is 9.59 Å². The SMILES string of the molecule is COc1cc(/C=C/C(C)=C/C(C)=O)oc(=O)c1. The van der Waals surface area contributed by atoms with Crippen LogP contribution in [0.1, 0.15) is 19.6 Å². The van der Waals surface area contributed by atoms with Crippen LogP contribution >= 0.6 is 0 Å². The average molecular weight is 234 g/mol. The van der Waals surface area contributed by atoms with Crippen LogP contribution in [0.4, 0.5) is 0 Å². The third kappa shape index (κ3) is 4.51. The topological polar surface area (TPSA) is 56.5 Å². The molecule has 0 aliphatic heterocycles. The Kier molecular flexibility index (Phi) is 4.46. The summed E-state index contributed by atoms with van der Waals surface area (Å²) in [5, 5.41) is 0. The van der Waals surface area contributed by atoms with Crippen LogP contribution in [0.5, 0.6) is 5.75 Å². The third-order valence-electron chi connectivity index (χ3n) is 1.94. The molecule has 0 radical (unpaired) electrons. The highest BCUT2D eigenvalue weighted by atomic mass is 16.5. The van der Waals surface area contributed by atoms with Gasteiger partial charge in [-0.3, -0.25) is 4.79 Å². The number of carbonyl (C=O) groups excluding carboxylic acids is 1. The summed E-state index contributed by atoms with van der Waals surface area (Å²) in [5.41, 5.74) is 0.306. The number of hydrogen-bond donors (Lipinski definition) is 0. The van der Waals surface area contributed by atoms with E-state index in [1.54, 1.807) is 25.1 Å². The summed E-state index contributed by atoms with van der Waals surface area (Å²) in [6.45, 7) is 3.26. The molecule has 0 aliphatic rings. The van der Waals surface area contributed by atoms with Crippen LogP contribution in [0, 0.1) is 0 Å². The molecule has 0 bridgehead atoms. The van der Waals surface area contributed by atoms with Gasteiger partial charge < -0.3 is 9.15 Å². The molecule has 0 spiro atoms. The molecule has 1 rings (SSSR count). The fraction of sp³-hybridized carbons (Fsp3) is 0.231. The Labute approximate surface area is 99.2 Å². The minimum absolute atomic E-state index is 0.0285. The lowest BCUT2D eigenvalue weighted by atomic mass is 10.2. The first-order valence-corrected chi connectivity index (χ1v) is 5.07. The van der Waals surface area contributed by atoms with Crippen LogP contribution in [0.15, 0.2) is 39.1 Å². The molecule has 0 fully saturated rings. The predicted octanol–water partition coefficient (Wildman–Crippen LogP) is 2.20. The number of methoxy groups -OCH3 is 1. The van der Waals surface area contributed by atoms with Crippen molar-refractivity contribution in [3.05, 3.63) is 46.0 Å². The van der Waals surface area contributed by atoms with Crippen LogP contribution in [-0.4, -0.2) is 12.9 Å². The highest BCUT2D eigenvalue weighted by Crippen LogP contribution is 2.11. The minimum Gasteiger partial charge on any atom is -0.496 e. The highest BCUT2D eigenvalue weighted by Gasteiger charge is 1.98. The summed E-state index contributed by atoms with van der Waals surface area (Å²) in [4.78, 5) is 22.0. The van der Waals surface area contributed by atoms with E-state index in [0.717, 1.165) is 5.57 Å². The lowest BCUT2D eigenvalue weighted by molar-refractivity contribution is -0.112. The van der Waals surface area contributed by atoms with Crippen molar-refractivity contribution < 1.29 is 13.9 Å². The molecule has 1 aromatic heterocycles. The monoisotopic (exact) mass is 234 g/mol. The second-order valence-electron chi connectivity index (χ2n) is 3.55. The highest BCUT2D eigenvalue weighted by molar-refractivity contribution is 5.88. The fourth-order valence-corrected chi connectivity index (χ4v) is 1.26. The molecule has 90 valence electrons. The first kappa shape index (κ1) is 13.0. The lowest BCUT2D eigenvalue weighted by Gasteiger charge is -1.98. The van der Waals surface area contributed by atoms with Gasteiger partial charge in [-0.1, -0.05) is 6.08 Å². The number of rotatable bonds is 4. The Morgan fingerprint density at radius 1 is 1.35 bits per heavy atom. The van der Waals surface area contributed by atoms with Gasteiger partial charge in [-0.05, 0) is 31.6 Å². The average Bonchev–Trinajstić information content (AvgIpc) is 2.24. The van der Waals surface area contributed by atoms with E-state index in [4.69, 9.17) is 9.15 Å². The van der Waals surface area contributed by atoms with Gasteiger partial charge in [0, 0.05) is 6.07 Å². The van der Waals surface area contributed by atoms with Gasteiger partial charge in [0.05, 0.1) is 13.2 Å². The maximum Gasteiger partial charge on any atom is 0.339 e. The molecule has 4 nitrogen and oxygen atoms in total. The maximum absolute atomic E-state index is 11.1. The van der Waals surface area contributed by atoms with Crippen molar-refractivity contribution >= 4 is 11.9 Å². The second-order valence-corrected chi connectivity index (χ2v) is 3.55. The largest absolute Gasteiger partial charge is 0.496 e. The molecular weight excluding hydrogens is 220 g/mol. The predicted molar refractivity (Wildman–Crippen MR) is 65.0 cm³/mol. The Bertz CT molecular complexity index is 520. The summed E-state index contributed by atoms with van der Waals surface area (Å²) >= 11 is 0. The van der Waals surface area contributed by atoms with Crippen molar-refractivity contribution in [2.45, 2.75) is 13.8 Å². The number of allylic oxidation sites excluding steroid dienone is 3. The third-order valence-corrected chi connectivity index (χ3v) is 1.94. The van der Waals surface area contributed by atoms with Crippen molar-refractivity contribution in [3.63, 3.8) is 0 Å². The molecule has 0 unspecified atom stereocenters. The Hall–Kier alpha value is -2.10. The summed E-state index contributed by atoms with van der Waals surface area (Å²) < 4.78 is 9.89. The van der Waals surface area contributed by atoms with Crippen LogP contribution in [0.2, 0.25) is 0 Å². The molecule has 17 heavy (non-hydrogen) atoms. The van der Waals surface area contributed by atoms with Crippen LogP contribution < -0.4 is 10.4 Å². The Balaban J connectivity index is 2.95. The number of ketones is 1. The quantitative estimate of drug-likeness (QED) is 0.592. The fourth-order valence-electron chi connectivity index (χ4n) is 1.26. The number of hydrogen-bond acceptors (Lipinski definition) is 4. The molecule has 1 heterocycles. The Morgan fingerprint density at radius 3 is 2.65 bits per heavy atom. The van der Waals surface area contributed by atoms with E-state index in [1.807, 2.05) is 0 Å². The zero-order chi connectivity index (χ0) is 12.8. The molecule has 0 amide bonds. The molecule has 0 saturated heterocycles. The minimum atomic E-state index is -0.475. The molecule has 4 heteroatoms. The molecule has 0 atom stereocenters. The van der Waals surface area contributed by atoms with Crippen LogP contribution in [0.25, 0.3) is 6.08 Å². The van der Waals surface area contributed by atoms with Gasteiger partial charge in [0.1, 0.15) is 11.5 Å². The second kappa shape index (κ2) is 5.84. The van der Waals surface area contributed by atoms with Gasteiger partial charge in [0.2, 0.25) is 0 Å².